The van der Waals surface area contributed by atoms with E-state index in [2.05, 4.69) is 15.4 Å². The van der Waals surface area contributed by atoms with Crippen molar-refractivity contribution in [1.82, 2.24) is 10.6 Å². The van der Waals surface area contributed by atoms with Gasteiger partial charge in [-0.05, 0) is 30.7 Å². The fraction of sp³-hybridized carbons (Fsp3) is 0.400. The first-order chi connectivity index (χ1) is 10.4. The van der Waals surface area contributed by atoms with E-state index in [4.69, 9.17) is 0 Å². The average molecular weight is 314 g/mol. The molecule has 0 aromatic heterocycles. The third kappa shape index (κ3) is 5.77. The van der Waals surface area contributed by atoms with Gasteiger partial charge in [-0.25, -0.2) is 0 Å². The van der Waals surface area contributed by atoms with Crippen LogP contribution in [0.5, 0.6) is 5.75 Å². The predicted octanol–water partition coefficient (Wildman–Crippen LogP) is 2.16. The van der Waals surface area contributed by atoms with E-state index in [1.165, 1.54) is 29.8 Å². The summed E-state index contributed by atoms with van der Waals surface area (Å²) in [4.78, 5) is 11.8. The molecule has 0 spiro atoms. The van der Waals surface area contributed by atoms with Crippen molar-refractivity contribution in [2.24, 2.45) is 0 Å². The number of carbonyl (C=O) groups is 1. The van der Waals surface area contributed by atoms with Gasteiger partial charge in [-0.15, -0.1) is 13.2 Å². The van der Waals surface area contributed by atoms with E-state index in [-0.39, 0.29) is 18.1 Å². The van der Waals surface area contributed by atoms with Crippen LogP contribution in [0.25, 0.3) is 0 Å². The first kappa shape index (κ1) is 16.4. The molecule has 0 atom stereocenters. The van der Waals surface area contributed by atoms with E-state index in [0.717, 1.165) is 19.5 Å². The standard InChI is InChI=1S/C15H17F3N2O2/c16-15(17,18)22-13-3-1-11(2-4-13)9-14(21)20-10-12-5-7-19-8-6-12/h1-5,19H,6-10H2,(H,20,21). The zero-order valence-corrected chi connectivity index (χ0v) is 11.9. The zero-order valence-electron chi connectivity index (χ0n) is 11.9. The topological polar surface area (TPSA) is 50.4 Å². The normalized spacial score (nSPS) is 15.1. The van der Waals surface area contributed by atoms with Crippen LogP contribution in [0.1, 0.15) is 12.0 Å². The fourth-order valence-electron chi connectivity index (χ4n) is 2.10. The first-order valence-electron chi connectivity index (χ1n) is 6.92. The van der Waals surface area contributed by atoms with Crippen LogP contribution in [0.2, 0.25) is 0 Å². The number of halogens is 3. The summed E-state index contributed by atoms with van der Waals surface area (Å²) in [5.41, 5.74) is 1.81. The van der Waals surface area contributed by atoms with Gasteiger partial charge >= 0.3 is 6.36 Å². The van der Waals surface area contributed by atoms with E-state index in [1.807, 2.05) is 6.08 Å². The van der Waals surface area contributed by atoms with Crippen molar-refractivity contribution < 1.29 is 22.7 Å². The zero-order chi connectivity index (χ0) is 16.0. The number of hydrogen-bond acceptors (Lipinski definition) is 3. The lowest BCUT2D eigenvalue weighted by Gasteiger charge is -2.14. The van der Waals surface area contributed by atoms with Gasteiger partial charge in [-0.2, -0.15) is 0 Å². The largest absolute Gasteiger partial charge is 0.573 e. The Balaban J connectivity index is 1.80. The first-order valence-corrected chi connectivity index (χ1v) is 6.92. The van der Waals surface area contributed by atoms with Gasteiger partial charge in [0.25, 0.3) is 0 Å². The highest BCUT2D eigenvalue weighted by molar-refractivity contribution is 5.78. The average Bonchev–Trinajstić information content (AvgIpc) is 2.47. The Kier molecular flexibility index (Phi) is 5.43. The highest BCUT2D eigenvalue weighted by Gasteiger charge is 2.30. The van der Waals surface area contributed by atoms with Crippen molar-refractivity contribution >= 4 is 5.91 Å². The molecule has 2 rings (SSSR count). The van der Waals surface area contributed by atoms with E-state index in [1.54, 1.807) is 0 Å². The van der Waals surface area contributed by atoms with Crippen molar-refractivity contribution in [1.29, 1.82) is 0 Å². The third-order valence-corrected chi connectivity index (χ3v) is 3.19. The molecule has 1 amide bonds. The van der Waals surface area contributed by atoms with Gasteiger partial charge in [-0.1, -0.05) is 23.8 Å². The maximum absolute atomic E-state index is 12.0. The molecule has 1 aliphatic heterocycles. The maximum Gasteiger partial charge on any atom is 0.573 e. The summed E-state index contributed by atoms with van der Waals surface area (Å²) in [6.07, 6.45) is -1.63. The number of hydrogen-bond donors (Lipinski definition) is 2. The molecule has 0 fully saturated rings. The van der Waals surface area contributed by atoms with Crippen molar-refractivity contribution in [2.75, 3.05) is 19.6 Å². The molecule has 0 radical (unpaired) electrons. The maximum atomic E-state index is 12.0. The highest BCUT2D eigenvalue weighted by Crippen LogP contribution is 2.22. The Bertz CT molecular complexity index is 539. The van der Waals surface area contributed by atoms with Crippen LogP contribution in [-0.4, -0.2) is 31.9 Å². The molecule has 0 bridgehead atoms. The predicted molar refractivity (Wildman–Crippen MR) is 75.4 cm³/mol. The molecule has 0 unspecified atom stereocenters. The molecular formula is C15H17F3N2O2. The number of carbonyl (C=O) groups excluding carboxylic acids is 1. The van der Waals surface area contributed by atoms with Crippen LogP contribution >= 0.6 is 0 Å². The molecule has 120 valence electrons. The molecular weight excluding hydrogens is 297 g/mol. The minimum atomic E-state index is -4.71. The SMILES string of the molecule is O=C(Cc1ccc(OC(F)(F)F)cc1)NCC1=CCNCC1. The van der Waals surface area contributed by atoms with Gasteiger partial charge in [0.2, 0.25) is 5.91 Å². The number of alkyl halides is 3. The summed E-state index contributed by atoms with van der Waals surface area (Å²) in [7, 11) is 0. The van der Waals surface area contributed by atoms with Gasteiger partial charge in [0.05, 0.1) is 6.42 Å². The van der Waals surface area contributed by atoms with Crippen LogP contribution < -0.4 is 15.4 Å². The lowest BCUT2D eigenvalue weighted by Crippen LogP contribution is -2.30. The summed E-state index contributed by atoms with van der Waals surface area (Å²) in [6, 6.07) is 5.30. The van der Waals surface area contributed by atoms with Crippen molar-refractivity contribution in [3.63, 3.8) is 0 Å². The smallest absolute Gasteiger partial charge is 0.406 e. The number of ether oxygens (including phenoxy) is 1. The molecule has 22 heavy (non-hydrogen) atoms. The number of amides is 1. The van der Waals surface area contributed by atoms with Crippen LogP contribution in [0.15, 0.2) is 35.9 Å². The quantitative estimate of drug-likeness (QED) is 0.819. The third-order valence-electron chi connectivity index (χ3n) is 3.19. The molecule has 1 aromatic carbocycles. The molecule has 0 saturated heterocycles. The van der Waals surface area contributed by atoms with Gasteiger partial charge in [0.15, 0.2) is 0 Å². The Labute approximate surface area is 126 Å². The minimum absolute atomic E-state index is 0.123. The summed E-state index contributed by atoms with van der Waals surface area (Å²) < 4.78 is 39.9. The Morgan fingerprint density at radius 1 is 1.27 bits per heavy atom. The van der Waals surface area contributed by atoms with Crippen LogP contribution in [0, 0.1) is 0 Å². The van der Waals surface area contributed by atoms with Crippen molar-refractivity contribution in [2.45, 2.75) is 19.2 Å². The van der Waals surface area contributed by atoms with Gasteiger partial charge < -0.3 is 15.4 Å². The Morgan fingerprint density at radius 2 is 2.00 bits per heavy atom. The molecule has 7 heteroatoms. The van der Waals surface area contributed by atoms with E-state index >= 15 is 0 Å². The monoisotopic (exact) mass is 314 g/mol. The van der Waals surface area contributed by atoms with Crippen molar-refractivity contribution in [3.8, 4) is 5.75 Å². The Hall–Kier alpha value is -2.02. The molecule has 1 aliphatic rings. The van der Waals surface area contributed by atoms with Gasteiger partial charge in [0.1, 0.15) is 5.75 Å². The summed E-state index contributed by atoms with van der Waals surface area (Å²) in [5, 5.41) is 5.99. The minimum Gasteiger partial charge on any atom is -0.406 e. The molecule has 0 aliphatic carbocycles. The second-order valence-electron chi connectivity index (χ2n) is 4.96. The van der Waals surface area contributed by atoms with Crippen LogP contribution in [0.4, 0.5) is 13.2 Å². The van der Waals surface area contributed by atoms with Gasteiger partial charge in [-0.3, -0.25) is 4.79 Å². The number of rotatable bonds is 5. The molecule has 1 aromatic rings. The molecule has 1 heterocycles. The number of benzene rings is 1. The van der Waals surface area contributed by atoms with E-state index < -0.39 is 6.36 Å². The fourth-order valence-corrected chi connectivity index (χ4v) is 2.10. The van der Waals surface area contributed by atoms with Crippen LogP contribution in [0.3, 0.4) is 0 Å². The second kappa shape index (κ2) is 7.31. The van der Waals surface area contributed by atoms with E-state index in [0.29, 0.717) is 12.1 Å². The van der Waals surface area contributed by atoms with Gasteiger partial charge in [0, 0.05) is 13.1 Å². The van der Waals surface area contributed by atoms with Crippen LogP contribution in [-0.2, 0) is 11.2 Å². The summed E-state index contributed by atoms with van der Waals surface area (Å²) in [6.45, 7) is 2.23. The highest BCUT2D eigenvalue weighted by atomic mass is 19.4. The van der Waals surface area contributed by atoms with E-state index in [9.17, 15) is 18.0 Å². The lowest BCUT2D eigenvalue weighted by atomic mass is 10.1. The molecule has 4 nitrogen and oxygen atoms in total. The second-order valence-corrected chi connectivity index (χ2v) is 4.96. The molecule has 2 N–H and O–H groups in total. The molecule has 0 saturated carbocycles. The Morgan fingerprint density at radius 3 is 2.59 bits per heavy atom. The number of nitrogens with one attached hydrogen (secondary N) is 2. The summed E-state index contributed by atoms with van der Waals surface area (Å²) >= 11 is 0. The van der Waals surface area contributed by atoms with Crippen molar-refractivity contribution in [3.05, 3.63) is 41.5 Å². The lowest BCUT2D eigenvalue weighted by molar-refractivity contribution is -0.274. The summed E-state index contributed by atoms with van der Waals surface area (Å²) in [5.74, 6) is -0.458.